The molecule has 2 N–H and O–H groups in total. The van der Waals surface area contributed by atoms with E-state index in [-0.39, 0.29) is 11.9 Å². The Labute approximate surface area is 134 Å². The van der Waals surface area contributed by atoms with Gasteiger partial charge in [-0.05, 0) is 36.8 Å². The Morgan fingerprint density at radius 1 is 1.35 bits per heavy atom. The topological polar surface area (TPSA) is 49.6 Å². The quantitative estimate of drug-likeness (QED) is 0.285. The van der Waals surface area contributed by atoms with Crippen LogP contribution in [0.2, 0.25) is 0 Å². The molecule has 1 fully saturated rings. The largest absolute Gasteiger partial charge is 0.274 e. The number of carbonyl (C=O) groups excluding carboxylic acids is 1. The van der Waals surface area contributed by atoms with E-state index >= 15 is 0 Å². The second-order valence-corrected chi connectivity index (χ2v) is 6.82. The molecule has 1 amide bonds. The number of hydrazine groups is 1. The summed E-state index contributed by atoms with van der Waals surface area (Å²) >= 11 is 2.40. The molecule has 1 aliphatic rings. The van der Waals surface area contributed by atoms with E-state index in [1.165, 1.54) is 30.3 Å². The third-order valence-electron chi connectivity index (χ3n) is 4.11. The van der Waals surface area contributed by atoms with Gasteiger partial charge >= 0.3 is 0 Å². The standard InChI is InChI=1S/C15H22IN3O/c1-11(19(17)12(2)20)13-3-5-14(6-4-13)15-7-9-18(16)10-8-15/h3-6,11,15H,7-10,17H2,1-2H3/t11-/m0/s1. The van der Waals surface area contributed by atoms with Crippen LogP contribution >= 0.6 is 22.9 Å². The minimum atomic E-state index is -0.115. The number of halogens is 1. The van der Waals surface area contributed by atoms with Crippen LogP contribution in [-0.2, 0) is 4.79 Å². The van der Waals surface area contributed by atoms with Crippen molar-refractivity contribution in [1.29, 1.82) is 0 Å². The lowest BCUT2D eigenvalue weighted by molar-refractivity contribution is -0.131. The first-order chi connectivity index (χ1) is 9.49. The summed E-state index contributed by atoms with van der Waals surface area (Å²) in [6.45, 7) is 5.75. The van der Waals surface area contributed by atoms with E-state index in [4.69, 9.17) is 5.84 Å². The normalized spacial score (nSPS) is 18.8. The van der Waals surface area contributed by atoms with Crippen LogP contribution in [0, 0.1) is 0 Å². The van der Waals surface area contributed by atoms with Crippen molar-refractivity contribution < 1.29 is 4.79 Å². The van der Waals surface area contributed by atoms with Gasteiger partial charge in [-0.3, -0.25) is 9.80 Å². The number of nitrogens with two attached hydrogens (primary N) is 1. The summed E-state index contributed by atoms with van der Waals surface area (Å²) in [6.07, 6.45) is 2.43. The van der Waals surface area contributed by atoms with Crippen molar-refractivity contribution in [3.05, 3.63) is 35.4 Å². The molecular weight excluding hydrogens is 365 g/mol. The summed E-state index contributed by atoms with van der Waals surface area (Å²) in [5.41, 5.74) is 2.48. The molecule has 4 nitrogen and oxygen atoms in total. The molecule has 0 aliphatic carbocycles. The monoisotopic (exact) mass is 387 g/mol. The summed E-state index contributed by atoms with van der Waals surface area (Å²) < 4.78 is 2.35. The molecule has 0 saturated carbocycles. The average molecular weight is 387 g/mol. The second-order valence-electron chi connectivity index (χ2n) is 5.45. The molecule has 2 rings (SSSR count). The van der Waals surface area contributed by atoms with E-state index in [0.29, 0.717) is 5.92 Å². The molecule has 1 atom stereocenters. The zero-order chi connectivity index (χ0) is 14.7. The zero-order valence-electron chi connectivity index (χ0n) is 12.1. The van der Waals surface area contributed by atoms with Crippen molar-refractivity contribution in [2.24, 2.45) is 5.84 Å². The summed E-state index contributed by atoms with van der Waals surface area (Å²) in [6, 6.07) is 8.48. The highest BCUT2D eigenvalue weighted by atomic mass is 127. The van der Waals surface area contributed by atoms with Gasteiger partial charge in [0.25, 0.3) is 0 Å². The molecule has 20 heavy (non-hydrogen) atoms. The highest BCUT2D eigenvalue weighted by molar-refractivity contribution is 14.1. The van der Waals surface area contributed by atoms with Crippen LogP contribution < -0.4 is 5.84 Å². The van der Waals surface area contributed by atoms with Gasteiger partial charge in [0, 0.05) is 42.9 Å². The number of hydrogen-bond donors (Lipinski definition) is 1. The Morgan fingerprint density at radius 2 is 1.90 bits per heavy atom. The van der Waals surface area contributed by atoms with E-state index in [1.807, 2.05) is 6.92 Å². The molecular formula is C15H22IN3O. The fraction of sp³-hybridized carbons (Fsp3) is 0.533. The smallest absolute Gasteiger partial charge is 0.233 e. The van der Waals surface area contributed by atoms with Crippen molar-refractivity contribution >= 4 is 28.8 Å². The lowest BCUT2D eigenvalue weighted by atomic mass is 9.89. The van der Waals surface area contributed by atoms with Gasteiger partial charge in [-0.1, -0.05) is 24.3 Å². The Kier molecular flexibility index (Phi) is 5.40. The second kappa shape index (κ2) is 6.87. The van der Waals surface area contributed by atoms with Crippen LogP contribution in [0.3, 0.4) is 0 Å². The lowest BCUT2D eigenvalue weighted by Gasteiger charge is -2.28. The van der Waals surface area contributed by atoms with Gasteiger partial charge in [0.05, 0.1) is 6.04 Å². The summed E-state index contributed by atoms with van der Waals surface area (Å²) in [5.74, 6) is 6.31. The third kappa shape index (κ3) is 3.71. The maximum absolute atomic E-state index is 11.3. The summed E-state index contributed by atoms with van der Waals surface area (Å²) in [7, 11) is 0. The number of benzene rings is 1. The minimum absolute atomic E-state index is 0.0854. The molecule has 0 unspecified atom stereocenters. The van der Waals surface area contributed by atoms with Crippen molar-refractivity contribution in [1.82, 2.24) is 8.12 Å². The summed E-state index contributed by atoms with van der Waals surface area (Å²) in [4.78, 5) is 11.3. The van der Waals surface area contributed by atoms with Crippen molar-refractivity contribution in [3.8, 4) is 0 Å². The molecule has 0 bridgehead atoms. The van der Waals surface area contributed by atoms with Gasteiger partial charge in [-0.25, -0.2) is 8.96 Å². The Hall–Kier alpha value is -0.660. The maximum atomic E-state index is 11.3. The van der Waals surface area contributed by atoms with Crippen LogP contribution in [0.25, 0.3) is 0 Å². The zero-order valence-corrected chi connectivity index (χ0v) is 14.2. The van der Waals surface area contributed by atoms with Crippen molar-refractivity contribution in [2.75, 3.05) is 13.1 Å². The first-order valence-electron chi connectivity index (χ1n) is 7.04. The number of carbonyl (C=O) groups is 1. The number of hydrogen-bond acceptors (Lipinski definition) is 3. The number of amides is 1. The van der Waals surface area contributed by atoms with Gasteiger partial charge in [0.1, 0.15) is 0 Å². The minimum Gasteiger partial charge on any atom is -0.274 e. The average Bonchev–Trinajstić information content (AvgIpc) is 2.46. The van der Waals surface area contributed by atoms with E-state index in [1.54, 1.807) is 0 Å². The first-order valence-corrected chi connectivity index (χ1v) is 8.00. The third-order valence-corrected chi connectivity index (χ3v) is 5.08. The number of rotatable bonds is 3. The van der Waals surface area contributed by atoms with Crippen molar-refractivity contribution in [2.45, 2.75) is 38.6 Å². The maximum Gasteiger partial charge on any atom is 0.233 e. The highest BCUT2D eigenvalue weighted by Gasteiger charge is 2.20. The van der Waals surface area contributed by atoms with E-state index in [0.717, 1.165) is 18.7 Å². The Morgan fingerprint density at radius 3 is 2.40 bits per heavy atom. The lowest BCUT2D eigenvalue weighted by Crippen LogP contribution is -2.37. The fourth-order valence-electron chi connectivity index (χ4n) is 2.66. The van der Waals surface area contributed by atoms with Crippen LogP contribution in [-0.4, -0.2) is 27.1 Å². The van der Waals surface area contributed by atoms with Crippen LogP contribution in [0.5, 0.6) is 0 Å². The predicted octanol–water partition coefficient (Wildman–Crippen LogP) is 3.00. The molecule has 0 radical (unpaired) electrons. The molecule has 1 aromatic rings. The van der Waals surface area contributed by atoms with E-state index in [9.17, 15) is 4.79 Å². The molecule has 1 aromatic carbocycles. The predicted molar refractivity (Wildman–Crippen MR) is 89.1 cm³/mol. The molecule has 1 heterocycles. The van der Waals surface area contributed by atoms with Gasteiger partial charge in [-0.15, -0.1) is 0 Å². The Bertz CT molecular complexity index is 455. The van der Waals surface area contributed by atoms with Gasteiger partial charge in [-0.2, -0.15) is 0 Å². The molecule has 110 valence electrons. The van der Waals surface area contributed by atoms with Gasteiger partial charge < -0.3 is 0 Å². The first kappa shape index (κ1) is 15.7. The molecule has 5 heteroatoms. The molecule has 1 saturated heterocycles. The molecule has 0 spiro atoms. The van der Waals surface area contributed by atoms with Crippen molar-refractivity contribution in [3.63, 3.8) is 0 Å². The fourth-order valence-corrected chi connectivity index (χ4v) is 3.22. The number of nitrogens with zero attached hydrogens (tertiary/aromatic N) is 2. The van der Waals surface area contributed by atoms with Crippen LogP contribution in [0.15, 0.2) is 24.3 Å². The highest BCUT2D eigenvalue weighted by Crippen LogP contribution is 2.30. The summed E-state index contributed by atoms with van der Waals surface area (Å²) in [5, 5.41) is 1.28. The van der Waals surface area contributed by atoms with Gasteiger partial charge in [0.2, 0.25) is 5.91 Å². The van der Waals surface area contributed by atoms with Crippen LogP contribution in [0.4, 0.5) is 0 Å². The molecule has 1 aliphatic heterocycles. The van der Waals surface area contributed by atoms with E-state index < -0.39 is 0 Å². The SMILES string of the molecule is CC(=O)N(N)[C@@H](C)c1ccc(C2CCN(I)CC2)cc1. The van der Waals surface area contributed by atoms with Crippen LogP contribution in [0.1, 0.15) is 49.8 Å². The number of piperidine rings is 1. The van der Waals surface area contributed by atoms with E-state index in [2.05, 4.69) is 50.2 Å². The van der Waals surface area contributed by atoms with Gasteiger partial charge in [0.15, 0.2) is 0 Å². The Balaban J connectivity index is 2.04. The molecule has 0 aromatic heterocycles.